The molecule has 0 spiro atoms. The van der Waals surface area contributed by atoms with E-state index in [2.05, 4.69) is 17.2 Å². The highest BCUT2D eigenvalue weighted by atomic mass is 16.2. The Morgan fingerprint density at radius 3 is 2.62 bits per heavy atom. The first-order valence-electron chi connectivity index (χ1n) is 8.20. The van der Waals surface area contributed by atoms with Crippen LogP contribution >= 0.6 is 0 Å². The molecule has 0 saturated heterocycles. The Bertz CT molecular complexity index is 880. The van der Waals surface area contributed by atoms with Gasteiger partial charge in [-0.25, -0.2) is 0 Å². The fourth-order valence-electron chi connectivity index (χ4n) is 2.79. The molecule has 0 radical (unpaired) electrons. The molecule has 24 heavy (non-hydrogen) atoms. The number of anilines is 1. The Labute approximate surface area is 140 Å². The van der Waals surface area contributed by atoms with Crippen LogP contribution in [0.3, 0.4) is 0 Å². The fraction of sp³-hybridized carbons (Fsp3) is 0.200. The molecule has 0 unspecified atom stereocenters. The largest absolute Gasteiger partial charge is 0.360 e. The predicted octanol–water partition coefficient (Wildman–Crippen LogP) is 4.33. The monoisotopic (exact) mass is 320 g/mol. The molecule has 0 bridgehead atoms. The molecule has 3 rings (SSSR count). The summed E-state index contributed by atoms with van der Waals surface area (Å²) in [5.74, 6) is -1.14. The van der Waals surface area contributed by atoms with E-state index in [4.69, 9.17) is 0 Å². The van der Waals surface area contributed by atoms with E-state index in [0.29, 0.717) is 11.3 Å². The number of aromatic nitrogens is 1. The lowest BCUT2D eigenvalue weighted by Crippen LogP contribution is -2.23. The number of aromatic amines is 1. The van der Waals surface area contributed by atoms with E-state index in [-0.39, 0.29) is 0 Å². The number of nitrogens with one attached hydrogen (secondary N) is 2. The van der Waals surface area contributed by atoms with Crippen molar-refractivity contribution >= 4 is 28.3 Å². The van der Waals surface area contributed by atoms with Crippen molar-refractivity contribution in [3.8, 4) is 0 Å². The van der Waals surface area contributed by atoms with E-state index in [9.17, 15) is 9.59 Å². The third-order valence-corrected chi connectivity index (χ3v) is 4.11. The number of benzene rings is 2. The van der Waals surface area contributed by atoms with Crippen LogP contribution in [0.15, 0.2) is 54.7 Å². The first-order valence-corrected chi connectivity index (χ1v) is 8.20. The van der Waals surface area contributed by atoms with Gasteiger partial charge in [0.05, 0.1) is 5.56 Å². The molecule has 1 aromatic heterocycles. The van der Waals surface area contributed by atoms with Crippen LogP contribution in [0.4, 0.5) is 5.69 Å². The topological polar surface area (TPSA) is 62.0 Å². The molecule has 0 saturated carbocycles. The van der Waals surface area contributed by atoms with Gasteiger partial charge < -0.3 is 10.3 Å². The highest BCUT2D eigenvalue weighted by Gasteiger charge is 2.20. The maximum atomic E-state index is 12.5. The van der Waals surface area contributed by atoms with Crippen molar-refractivity contribution < 1.29 is 9.59 Å². The summed E-state index contributed by atoms with van der Waals surface area (Å²) < 4.78 is 0. The van der Waals surface area contributed by atoms with Gasteiger partial charge in [-0.1, -0.05) is 49.7 Å². The number of rotatable bonds is 6. The number of hydrogen-bond donors (Lipinski definition) is 2. The average Bonchev–Trinajstić information content (AvgIpc) is 3.04. The van der Waals surface area contributed by atoms with E-state index in [1.807, 2.05) is 48.5 Å². The number of hydrogen-bond acceptors (Lipinski definition) is 2. The summed E-state index contributed by atoms with van der Waals surface area (Å²) in [7, 11) is 0. The number of H-pyrrole nitrogens is 1. The minimum Gasteiger partial charge on any atom is -0.360 e. The third-order valence-electron chi connectivity index (χ3n) is 4.11. The number of para-hydroxylation sites is 2. The number of ketones is 1. The van der Waals surface area contributed by atoms with Gasteiger partial charge in [-0.2, -0.15) is 0 Å². The second kappa shape index (κ2) is 7.13. The Hall–Kier alpha value is -2.88. The molecule has 0 aliphatic rings. The SMILES string of the molecule is CCCCc1ccccc1NC(=O)C(=O)c1c[nH]c2ccccc12. The van der Waals surface area contributed by atoms with Crippen molar-refractivity contribution in [1.82, 2.24) is 4.98 Å². The lowest BCUT2D eigenvalue weighted by atomic mass is 10.1. The van der Waals surface area contributed by atoms with Crippen molar-refractivity contribution in [2.45, 2.75) is 26.2 Å². The molecule has 122 valence electrons. The average molecular weight is 320 g/mol. The quantitative estimate of drug-likeness (QED) is 0.524. The number of carbonyl (C=O) groups is 2. The number of carbonyl (C=O) groups excluding carboxylic acids is 2. The van der Waals surface area contributed by atoms with Gasteiger partial charge in [0.2, 0.25) is 0 Å². The number of unbranched alkanes of at least 4 members (excludes halogenated alkanes) is 1. The molecule has 0 atom stereocenters. The fourth-order valence-corrected chi connectivity index (χ4v) is 2.79. The van der Waals surface area contributed by atoms with Gasteiger partial charge in [-0.05, 0) is 30.5 Å². The summed E-state index contributed by atoms with van der Waals surface area (Å²) in [4.78, 5) is 27.9. The van der Waals surface area contributed by atoms with Gasteiger partial charge in [0, 0.05) is 22.8 Å². The molecule has 3 aromatic rings. The van der Waals surface area contributed by atoms with E-state index >= 15 is 0 Å². The maximum Gasteiger partial charge on any atom is 0.296 e. The molecule has 1 amide bonds. The Morgan fingerprint density at radius 2 is 1.79 bits per heavy atom. The molecule has 0 aliphatic heterocycles. The Balaban J connectivity index is 1.81. The van der Waals surface area contributed by atoms with Crippen molar-refractivity contribution in [2.75, 3.05) is 5.32 Å². The van der Waals surface area contributed by atoms with Crippen molar-refractivity contribution in [2.24, 2.45) is 0 Å². The van der Waals surface area contributed by atoms with Crippen molar-refractivity contribution in [3.63, 3.8) is 0 Å². The summed E-state index contributed by atoms with van der Waals surface area (Å²) in [5, 5.41) is 3.53. The molecule has 1 heterocycles. The van der Waals surface area contributed by atoms with Gasteiger partial charge in [0.25, 0.3) is 11.7 Å². The second-order valence-electron chi connectivity index (χ2n) is 5.79. The number of Topliss-reactive ketones (excluding diaryl/α,β-unsaturated/α-hetero) is 1. The summed E-state index contributed by atoms with van der Waals surface area (Å²) in [6, 6.07) is 15.1. The summed E-state index contributed by atoms with van der Waals surface area (Å²) in [6.45, 7) is 2.13. The normalized spacial score (nSPS) is 10.7. The predicted molar refractivity (Wildman–Crippen MR) is 96.3 cm³/mol. The van der Waals surface area contributed by atoms with Gasteiger partial charge in [-0.3, -0.25) is 9.59 Å². The first kappa shape index (κ1) is 16.0. The van der Waals surface area contributed by atoms with E-state index in [1.54, 1.807) is 6.20 Å². The number of amides is 1. The molecule has 0 aliphatic carbocycles. The van der Waals surface area contributed by atoms with Crippen LogP contribution in [0.5, 0.6) is 0 Å². The van der Waals surface area contributed by atoms with E-state index < -0.39 is 11.7 Å². The third kappa shape index (κ3) is 3.23. The highest BCUT2D eigenvalue weighted by Crippen LogP contribution is 2.21. The van der Waals surface area contributed by atoms with Crippen molar-refractivity contribution in [3.05, 3.63) is 65.9 Å². The zero-order valence-corrected chi connectivity index (χ0v) is 13.6. The second-order valence-corrected chi connectivity index (χ2v) is 5.79. The van der Waals surface area contributed by atoms with Crippen LogP contribution < -0.4 is 5.32 Å². The molecular formula is C20H20N2O2. The highest BCUT2D eigenvalue weighted by molar-refractivity contribution is 6.48. The summed E-state index contributed by atoms with van der Waals surface area (Å²) in [6.07, 6.45) is 4.60. The van der Waals surface area contributed by atoms with Crippen LogP contribution in [0.1, 0.15) is 35.7 Å². The van der Waals surface area contributed by atoms with E-state index in [0.717, 1.165) is 35.7 Å². The minimum atomic E-state index is -0.608. The van der Waals surface area contributed by atoms with Crippen LogP contribution in [0.2, 0.25) is 0 Å². The standard InChI is InChI=1S/C20H20N2O2/c1-2-3-8-14-9-4-6-11-17(14)22-20(24)19(23)16-13-21-18-12-7-5-10-15(16)18/h4-7,9-13,21H,2-3,8H2,1H3,(H,22,24). The van der Waals surface area contributed by atoms with Crippen molar-refractivity contribution in [1.29, 1.82) is 0 Å². The Kier molecular flexibility index (Phi) is 4.75. The molecule has 2 N–H and O–H groups in total. The van der Waals surface area contributed by atoms with Gasteiger partial charge in [0.15, 0.2) is 0 Å². The maximum absolute atomic E-state index is 12.5. The van der Waals surface area contributed by atoms with Crippen LogP contribution in [0, 0.1) is 0 Å². The van der Waals surface area contributed by atoms with Crippen LogP contribution in [-0.2, 0) is 11.2 Å². The van der Waals surface area contributed by atoms with Gasteiger partial charge >= 0.3 is 0 Å². The minimum absolute atomic E-state index is 0.397. The zero-order valence-electron chi connectivity index (χ0n) is 13.6. The first-order chi connectivity index (χ1) is 11.7. The molecule has 2 aromatic carbocycles. The van der Waals surface area contributed by atoms with E-state index in [1.165, 1.54) is 0 Å². The molecule has 4 nitrogen and oxygen atoms in total. The molecule has 0 fully saturated rings. The Morgan fingerprint density at radius 1 is 1.04 bits per heavy atom. The number of aryl methyl sites for hydroxylation is 1. The number of fused-ring (bicyclic) bond motifs is 1. The van der Waals surface area contributed by atoms with Crippen LogP contribution in [0.25, 0.3) is 10.9 Å². The smallest absolute Gasteiger partial charge is 0.296 e. The van der Waals surface area contributed by atoms with Gasteiger partial charge in [0.1, 0.15) is 0 Å². The lowest BCUT2D eigenvalue weighted by Gasteiger charge is -2.10. The van der Waals surface area contributed by atoms with Gasteiger partial charge in [-0.15, -0.1) is 0 Å². The van der Waals surface area contributed by atoms with Crippen LogP contribution in [-0.4, -0.2) is 16.7 Å². The zero-order chi connectivity index (χ0) is 16.9. The lowest BCUT2D eigenvalue weighted by molar-refractivity contribution is -0.112. The molecular weight excluding hydrogens is 300 g/mol. The molecule has 4 heteroatoms. The summed E-state index contributed by atoms with van der Waals surface area (Å²) >= 11 is 0. The summed E-state index contributed by atoms with van der Waals surface area (Å²) in [5.41, 5.74) is 3.01.